The lowest BCUT2D eigenvalue weighted by Crippen LogP contribution is -2.24. The van der Waals surface area contributed by atoms with Gasteiger partial charge < -0.3 is 9.47 Å². The zero-order valence-corrected chi connectivity index (χ0v) is 9.55. The first kappa shape index (κ1) is 14.1. The van der Waals surface area contributed by atoms with Crippen molar-refractivity contribution in [3.05, 3.63) is 27.5 Å². The van der Waals surface area contributed by atoms with Crippen molar-refractivity contribution in [2.45, 2.75) is 20.2 Å². The van der Waals surface area contributed by atoms with Gasteiger partial charge in [0.2, 0.25) is 5.88 Å². The Kier molecular flexibility index (Phi) is 4.00. The molecule has 0 unspecified atom stereocenters. The van der Waals surface area contributed by atoms with Gasteiger partial charge in [-0.05, 0) is 19.9 Å². The number of pyridine rings is 1. The van der Waals surface area contributed by atoms with E-state index in [0.717, 1.165) is 6.07 Å². The Morgan fingerprint density at radius 3 is 2.56 bits per heavy atom. The molecule has 0 atom stereocenters. The second kappa shape index (κ2) is 5.11. The molecular formula is C10H10F3NO4. The molecule has 0 aliphatic rings. The molecule has 0 fully saturated rings. The second-order valence-corrected chi connectivity index (χ2v) is 3.29. The maximum atomic E-state index is 12.1. The fourth-order valence-corrected chi connectivity index (χ4v) is 1.17. The number of nitrogens with one attached hydrogen (secondary N) is 1. The van der Waals surface area contributed by atoms with E-state index < -0.39 is 29.3 Å². The summed E-state index contributed by atoms with van der Waals surface area (Å²) in [7, 11) is 0. The van der Waals surface area contributed by atoms with Gasteiger partial charge >= 0.3 is 12.3 Å². The second-order valence-electron chi connectivity index (χ2n) is 3.29. The van der Waals surface area contributed by atoms with Crippen LogP contribution in [0.4, 0.5) is 13.2 Å². The number of rotatable bonds is 3. The molecule has 0 spiro atoms. The molecule has 1 aromatic rings. The SMILES string of the molecule is CCOC(=O)c1cc(C)c(=O)[nH]c1OC(F)(F)F. The molecule has 0 aliphatic heterocycles. The Hall–Kier alpha value is -1.99. The van der Waals surface area contributed by atoms with E-state index in [1.54, 1.807) is 0 Å². The average Bonchev–Trinajstić information content (AvgIpc) is 2.21. The summed E-state index contributed by atoms with van der Waals surface area (Å²) in [6.45, 7) is 2.84. The van der Waals surface area contributed by atoms with E-state index in [0.29, 0.717) is 0 Å². The lowest BCUT2D eigenvalue weighted by molar-refractivity contribution is -0.276. The minimum absolute atomic E-state index is 0.0114. The molecule has 0 saturated heterocycles. The highest BCUT2D eigenvalue weighted by molar-refractivity contribution is 5.92. The van der Waals surface area contributed by atoms with Gasteiger partial charge in [0.1, 0.15) is 5.56 Å². The normalized spacial score (nSPS) is 11.2. The number of carbonyl (C=O) groups is 1. The van der Waals surface area contributed by atoms with Crippen molar-refractivity contribution in [3.63, 3.8) is 0 Å². The largest absolute Gasteiger partial charge is 0.574 e. The van der Waals surface area contributed by atoms with E-state index in [4.69, 9.17) is 0 Å². The summed E-state index contributed by atoms with van der Waals surface area (Å²) in [6.07, 6.45) is -5.01. The zero-order chi connectivity index (χ0) is 13.9. The van der Waals surface area contributed by atoms with Crippen LogP contribution in [0.15, 0.2) is 10.9 Å². The molecule has 0 bridgehead atoms. The van der Waals surface area contributed by atoms with E-state index in [-0.39, 0.29) is 12.2 Å². The fourth-order valence-electron chi connectivity index (χ4n) is 1.17. The Balaban J connectivity index is 3.25. The summed E-state index contributed by atoms with van der Waals surface area (Å²) in [5, 5.41) is 0. The standard InChI is InChI=1S/C10H10F3NO4/c1-3-17-9(16)6-4-5(2)7(15)14-8(6)18-10(11,12)13/h4H,3H2,1-2H3,(H,14,15). The van der Waals surface area contributed by atoms with Crippen LogP contribution in [0.25, 0.3) is 0 Å². The van der Waals surface area contributed by atoms with Crippen LogP contribution < -0.4 is 10.3 Å². The minimum atomic E-state index is -5.01. The third-order valence-electron chi connectivity index (χ3n) is 1.90. The van der Waals surface area contributed by atoms with Crippen LogP contribution >= 0.6 is 0 Å². The van der Waals surface area contributed by atoms with Crippen molar-refractivity contribution in [2.24, 2.45) is 0 Å². The molecule has 0 aromatic carbocycles. The summed E-state index contributed by atoms with van der Waals surface area (Å²) in [5.74, 6) is -1.98. The van der Waals surface area contributed by atoms with E-state index in [1.165, 1.54) is 13.8 Å². The highest BCUT2D eigenvalue weighted by atomic mass is 19.4. The number of esters is 1. The molecule has 8 heteroatoms. The van der Waals surface area contributed by atoms with Gasteiger partial charge in [-0.2, -0.15) is 0 Å². The number of aromatic amines is 1. The lowest BCUT2D eigenvalue weighted by Gasteiger charge is -2.12. The third kappa shape index (κ3) is 3.51. The van der Waals surface area contributed by atoms with Crippen molar-refractivity contribution < 1.29 is 27.4 Å². The Morgan fingerprint density at radius 2 is 2.06 bits per heavy atom. The molecule has 100 valence electrons. The molecule has 1 aromatic heterocycles. The van der Waals surface area contributed by atoms with Gasteiger partial charge in [0.05, 0.1) is 6.61 Å². The maximum absolute atomic E-state index is 12.1. The zero-order valence-electron chi connectivity index (χ0n) is 9.55. The number of carbonyl (C=O) groups excluding carboxylic acids is 1. The van der Waals surface area contributed by atoms with Gasteiger partial charge in [-0.1, -0.05) is 0 Å². The van der Waals surface area contributed by atoms with Crippen LogP contribution in [0.2, 0.25) is 0 Å². The first-order valence-electron chi connectivity index (χ1n) is 4.91. The quantitative estimate of drug-likeness (QED) is 0.845. The predicted octanol–water partition coefficient (Wildman–Crippen LogP) is 1.76. The Labute approximate surface area is 99.5 Å². The molecule has 0 saturated carbocycles. The highest BCUT2D eigenvalue weighted by Crippen LogP contribution is 2.24. The number of halogens is 3. The highest BCUT2D eigenvalue weighted by Gasteiger charge is 2.34. The molecule has 1 N–H and O–H groups in total. The van der Waals surface area contributed by atoms with Gasteiger partial charge in [-0.15, -0.1) is 13.2 Å². The third-order valence-corrected chi connectivity index (χ3v) is 1.90. The number of aryl methyl sites for hydroxylation is 1. The van der Waals surface area contributed by atoms with Crippen LogP contribution in [0.5, 0.6) is 5.88 Å². The molecule has 0 radical (unpaired) electrons. The summed E-state index contributed by atoms with van der Waals surface area (Å²) >= 11 is 0. The van der Waals surface area contributed by atoms with Crippen LogP contribution in [-0.4, -0.2) is 23.9 Å². The summed E-state index contributed by atoms with van der Waals surface area (Å²) in [4.78, 5) is 24.5. The molecule has 5 nitrogen and oxygen atoms in total. The first-order valence-corrected chi connectivity index (χ1v) is 4.91. The fraction of sp³-hybridized carbons (Fsp3) is 0.400. The van der Waals surface area contributed by atoms with Crippen molar-refractivity contribution >= 4 is 5.97 Å². The molecule has 0 amide bonds. The van der Waals surface area contributed by atoms with Gasteiger partial charge in [0.15, 0.2) is 0 Å². The van der Waals surface area contributed by atoms with Crippen molar-refractivity contribution in [2.75, 3.05) is 6.61 Å². The van der Waals surface area contributed by atoms with Crippen molar-refractivity contribution in [1.82, 2.24) is 4.98 Å². The van der Waals surface area contributed by atoms with Gasteiger partial charge in [-0.3, -0.25) is 9.78 Å². The van der Waals surface area contributed by atoms with E-state index >= 15 is 0 Å². The first-order chi connectivity index (χ1) is 8.24. The van der Waals surface area contributed by atoms with Gasteiger partial charge in [0, 0.05) is 5.56 Å². The molecule has 1 rings (SSSR count). The van der Waals surface area contributed by atoms with Gasteiger partial charge in [0.25, 0.3) is 5.56 Å². The van der Waals surface area contributed by atoms with E-state index in [2.05, 4.69) is 9.47 Å². The molecular weight excluding hydrogens is 255 g/mol. The lowest BCUT2D eigenvalue weighted by atomic mass is 10.2. The number of hydrogen-bond acceptors (Lipinski definition) is 4. The van der Waals surface area contributed by atoms with Crippen molar-refractivity contribution in [1.29, 1.82) is 0 Å². The number of alkyl halides is 3. The predicted molar refractivity (Wildman–Crippen MR) is 54.4 cm³/mol. The maximum Gasteiger partial charge on any atom is 0.574 e. The number of H-pyrrole nitrogens is 1. The molecule has 1 heterocycles. The number of aromatic nitrogens is 1. The Morgan fingerprint density at radius 1 is 1.44 bits per heavy atom. The average molecular weight is 265 g/mol. The topological polar surface area (TPSA) is 68.4 Å². The smallest absolute Gasteiger partial charge is 0.462 e. The number of hydrogen-bond donors (Lipinski definition) is 1. The number of ether oxygens (including phenoxy) is 2. The monoisotopic (exact) mass is 265 g/mol. The van der Waals surface area contributed by atoms with Crippen LogP contribution in [0.1, 0.15) is 22.8 Å². The van der Waals surface area contributed by atoms with E-state index in [1.807, 2.05) is 4.98 Å². The summed E-state index contributed by atoms with van der Waals surface area (Å²) < 4.78 is 44.5. The molecule has 18 heavy (non-hydrogen) atoms. The van der Waals surface area contributed by atoms with Crippen LogP contribution in [0, 0.1) is 6.92 Å². The van der Waals surface area contributed by atoms with E-state index in [9.17, 15) is 22.8 Å². The van der Waals surface area contributed by atoms with Crippen LogP contribution in [0.3, 0.4) is 0 Å². The van der Waals surface area contributed by atoms with Crippen LogP contribution in [-0.2, 0) is 4.74 Å². The minimum Gasteiger partial charge on any atom is -0.462 e. The van der Waals surface area contributed by atoms with Gasteiger partial charge in [-0.25, -0.2) is 4.79 Å². The summed E-state index contributed by atoms with van der Waals surface area (Å²) in [6, 6.07) is 0.984. The Bertz CT molecular complexity index is 507. The van der Waals surface area contributed by atoms with Crippen molar-refractivity contribution in [3.8, 4) is 5.88 Å². The molecule has 0 aliphatic carbocycles. The summed E-state index contributed by atoms with van der Waals surface area (Å²) in [5.41, 5.74) is -1.18.